The minimum atomic E-state index is -4.71. The summed E-state index contributed by atoms with van der Waals surface area (Å²) in [5.41, 5.74) is 0. The first-order valence-electron chi connectivity index (χ1n) is 9.34. The van der Waals surface area contributed by atoms with Crippen LogP contribution in [-0.2, 0) is 42.0 Å². The van der Waals surface area contributed by atoms with Crippen LogP contribution < -0.4 is 5.32 Å². The number of tetrazole rings is 1. The van der Waals surface area contributed by atoms with E-state index in [4.69, 9.17) is 9.66 Å². The van der Waals surface area contributed by atoms with Crippen molar-refractivity contribution in [3.63, 3.8) is 0 Å². The van der Waals surface area contributed by atoms with Crippen molar-refractivity contribution in [2.24, 2.45) is 0 Å². The van der Waals surface area contributed by atoms with Crippen LogP contribution in [0.15, 0.2) is 0 Å². The first kappa shape index (κ1) is 24.7. The van der Waals surface area contributed by atoms with Crippen molar-refractivity contribution in [3.05, 3.63) is 5.82 Å². The summed E-state index contributed by atoms with van der Waals surface area (Å²) in [6.45, 7) is 0.567. The largest absolute Gasteiger partial charge is 0.413 e. The van der Waals surface area contributed by atoms with Crippen molar-refractivity contribution >= 4 is 28.0 Å². The normalized spacial score (nSPS) is 19.5. The Bertz CT molecular complexity index is 905. The number of aromatic nitrogens is 4. The molecule has 0 radical (unpaired) electrons. The highest BCUT2D eigenvalue weighted by molar-refractivity contribution is 7.80. The Kier molecular flexibility index (Phi) is 8.52. The number of likely N-dealkylation sites (tertiary alicyclic amines) is 1. The second-order valence-corrected chi connectivity index (χ2v) is 7.95. The van der Waals surface area contributed by atoms with Gasteiger partial charge in [0, 0.05) is 26.9 Å². The quantitative estimate of drug-likeness (QED) is 0.234. The summed E-state index contributed by atoms with van der Waals surface area (Å²) in [5.74, 6) is -1.00. The molecule has 0 saturated carbocycles. The molecule has 0 aliphatic carbocycles. The third kappa shape index (κ3) is 7.28. The van der Waals surface area contributed by atoms with E-state index in [9.17, 15) is 22.8 Å². The third-order valence-corrected chi connectivity index (χ3v) is 5.14. The molecule has 3 N–H and O–H groups in total. The van der Waals surface area contributed by atoms with Gasteiger partial charge in [0.1, 0.15) is 12.6 Å². The van der Waals surface area contributed by atoms with Gasteiger partial charge >= 0.3 is 10.4 Å². The summed E-state index contributed by atoms with van der Waals surface area (Å²) >= 11 is 0. The molecule has 2 rings (SSSR count). The van der Waals surface area contributed by atoms with Gasteiger partial charge < -0.3 is 15.3 Å². The Balaban J connectivity index is 1.92. The number of aliphatic hydroxyl groups is 1. The molecule has 0 bridgehead atoms. The van der Waals surface area contributed by atoms with Crippen molar-refractivity contribution < 1.29 is 36.7 Å². The Labute approximate surface area is 178 Å². The lowest BCUT2D eigenvalue weighted by Gasteiger charge is -2.40. The molecule has 15 nitrogen and oxygen atoms in total. The number of carbonyl (C=O) groups is 3. The fourth-order valence-corrected chi connectivity index (χ4v) is 3.65. The van der Waals surface area contributed by atoms with Gasteiger partial charge in [0.05, 0.1) is 19.2 Å². The summed E-state index contributed by atoms with van der Waals surface area (Å²) in [7, 11) is -3.42. The van der Waals surface area contributed by atoms with E-state index in [1.807, 2.05) is 0 Å². The molecule has 1 aromatic heterocycles. The van der Waals surface area contributed by atoms with E-state index in [0.29, 0.717) is 12.2 Å². The lowest BCUT2D eigenvalue weighted by Crippen LogP contribution is -2.57. The molecule has 1 fully saturated rings. The van der Waals surface area contributed by atoms with Crippen LogP contribution in [0.2, 0.25) is 0 Å². The standard InChI is InChI=1S/C15H25N7O8S/c1-10(24)21-8-11(20(2)30-31(27,28)29)3-4-13(21)15(26)16-7-12(25)9-22-14(5-6-23)17-18-19-22/h11,13,23H,3-9H2,1-2H3,(H,16,26)(H,27,28,29)/t11-,13+/m1/s1. The predicted molar refractivity (Wildman–Crippen MR) is 101 cm³/mol. The summed E-state index contributed by atoms with van der Waals surface area (Å²) in [6.07, 6.45) is 0.674. The molecule has 174 valence electrons. The number of nitrogens with one attached hydrogen (secondary N) is 1. The van der Waals surface area contributed by atoms with Gasteiger partial charge in [0.25, 0.3) is 0 Å². The zero-order chi connectivity index (χ0) is 23.2. The Hall–Kier alpha value is -2.53. The van der Waals surface area contributed by atoms with Crippen molar-refractivity contribution in [2.75, 3.05) is 26.7 Å². The maximum atomic E-state index is 12.6. The number of ketones is 1. The fourth-order valence-electron chi connectivity index (χ4n) is 3.23. The zero-order valence-corrected chi connectivity index (χ0v) is 17.9. The monoisotopic (exact) mass is 463 g/mol. The molecule has 1 aromatic rings. The van der Waals surface area contributed by atoms with Crippen LogP contribution in [0, 0.1) is 0 Å². The van der Waals surface area contributed by atoms with Crippen molar-refractivity contribution in [3.8, 4) is 0 Å². The van der Waals surface area contributed by atoms with Gasteiger partial charge in [-0.25, -0.2) is 4.68 Å². The summed E-state index contributed by atoms with van der Waals surface area (Å²) in [5, 5.41) is 23.1. The fraction of sp³-hybridized carbons (Fsp3) is 0.733. The third-order valence-electron chi connectivity index (χ3n) is 4.72. The van der Waals surface area contributed by atoms with Gasteiger partial charge in [0.2, 0.25) is 11.8 Å². The second-order valence-electron chi connectivity index (χ2n) is 6.95. The van der Waals surface area contributed by atoms with Crippen LogP contribution in [0.1, 0.15) is 25.6 Å². The summed E-state index contributed by atoms with van der Waals surface area (Å²) in [6, 6.07) is -1.42. The minimum Gasteiger partial charge on any atom is -0.396 e. The second kappa shape index (κ2) is 10.7. The van der Waals surface area contributed by atoms with Gasteiger partial charge in [-0.2, -0.15) is 17.8 Å². The number of hydrogen-bond acceptors (Lipinski definition) is 11. The van der Waals surface area contributed by atoms with E-state index < -0.39 is 34.3 Å². The highest BCUT2D eigenvalue weighted by atomic mass is 32.3. The van der Waals surface area contributed by atoms with Gasteiger partial charge in [-0.05, 0) is 23.3 Å². The van der Waals surface area contributed by atoms with Gasteiger partial charge in [-0.15, -0.1) is 5.10 Å². The van der Waals surface area contributed by atoms with Crippen molar-refractivity contribution in [2.45, 2.75) is 44.8 Å². The first-order valence-corrected chi connectivity index (χ1v) is 10.7. The lowest BCUT2D eigenvalue weighted by atomic mass is 9.97. The van der Waals surface area contributed by atoms with E-state index in [1.165, 1.54) is 23.6 Å². The number of likely N-dealkylation sites (N-methyl/N-ethyl adjacent to an activating group) is 1. The number of aliphatic hydroxyl groups excluding tert-OH is 1. The molecule has 31 heavy (non-hydrogen) atoms. The van der Waals surface area contributed by atoms with Crippen LogP contribution in [0.3, 0.4) is 0 Å². The highest BCUT2D eigenvalue weighted by Gasteiger charge is 2.37. The van der Waals surface area contributed by atoms with Crippen LogP contribution in [0.4, 0.5) is 0 Å². The van der Waals surface area contributed by atoms with Crippen molar-refractivity contribution in [1.82, 2.24) is 35.5 Å². The molecule has 1 aliphatic heterocycles. The zero-order valence-electron chi connectivity index (χ0n) is 17.0. The molecule has 2 amide bonds. The van der Waals surface area contributed by atoms with Crippen LogP contribution in [0.5, 0.6) is 0 Å². The number of rotatable bonds is 10. The maximum absolute atomic E-state index is 12.6. The molecule has 0 aromatic carbocycles. The predicted octanol–water partition coefficient (Wildman–Crippen LogP) is -3.06. The summed E-state index contributed by atoms with van der Waals surface area (Å²) in [4.78, 5) is 38.0. The molecule has 0 unspecified atom stereocenters. The highest BCUT2D eigenvalue weighted by Crippen LogP contribution is 2.22. The molecule has 16 heteroatoms. The molecular formula is C15H25N7O8S. The first-order chi connectivity index (χ1) is 14.5. The van der Waals surface area contributed by atoms with Crippen LogP contribution in [0.25, 0.3) is 0 Å². The SMILES string of the molecule is CC(=O)N1C[C@H](N(C)OS(=O)(=O)O)CC[C@H]1C(=O)NCC(=O)Cn1nnnc1CCO. The average molecular weight is 463 g/mol. The molecule has 2 heterocycles. The molecule has 0 spiro atoms. The number of amides is 2. The summed E-state index contributed by atoms with van der Waals surface area (Å²) < 4.78 is 36.2. The van der Waals surface area contributed by atoms with Gasteiger partial charge in [-0.1, -0.05) is 0 Å². The smallest absolute Gasteiger partial charge is 0.396 e. The number of hydrogen-bond donors (Lipinski definition) is 3. The van der Waals surface area contributed by atoms with Gasteiger partial charge in [-0.3, -0.25) is 18.9 Å². The number of carbonyl (C=O) groups excluding carboxylic acids is 3. The van der Waals surface area contributed by atoms with Crippen LogP contribution >= 0.6 is 0 Å². The van der Waals surface area contributed by atoms with E-state index in [-0.39, 0.29) is 44.9 Å². The van der Waals surface area contributed by atoms with E-state index in [2.05, 4.69) is 25.1 Å². The Morgan fingerprint density at radius 2 is 2.03 bits per heavy atom. The topological polar surface area (TPSA) is 197 Å². The lowest BCUT2D eigenvalue weighted by molar-refractivity contribution is -0.148. The Morgan fingerprint density at radius 3 is 2.65 bits per heavy atom. The van der Waals surface area contributed by atoms with E-state index in [0.717, 1.165) is 5.06 Å². The number of nitrogens with zero attached hydrogens (tertiary/aromatic N) is 6. The van der Waals surface area contributed by atoms with E-state index >= 15 is 0 Å². The molecule has 1 saturated heterocycles. The number of piperidine rings is 1. The number of Topliss-reactive ketones (excluding diaryl/α,β-unsaturated/α-hetero) is 1. The van der Waals surface area contributed by atoms with Gasteiger partial charge in [0.15, 0.2) is 11.6 Å². The van der Waals surface area contributed by atoms with Crippen LogP contribution in [-0.4, -0.2) is 105 Å². The minimum absolute atomic E-state index is 0.0114. The average Bonchev–Trinajstić information content (AvgIpc) is 3.11. The number of hydroxylamine groups is 2. The maximum Gasteiger partial charge on any atom is 0.413 e. The molecular weight excluding hydrogens is 438 g/mol. The molecule has 2 atom stereocenters. The molecule has 1 aliphatic rings. The van der Waals surface area contributed by atoms with Crippen molar-refractivity contribution in [1.29, 1.82) is 0 Å². The Morgan fingerprint density at radius 1 is 1.32 bits per heavy atom. The van der Waals surface area contributed by atoms with E-state index in [1.54, 1.807) is 0 Å².